The highest BCUT2D eigenvalue weighted by molar-refractivity contribution is 6.77. The van der Waals surface area contributed by atoms with Crippen LogP contribution in [0.3, 0.4) is 0 Å². The third-order valence-electron chi connectivity index (χ3n) is 3.86. The second-order valence-corrected chi connectivity index (χ2v) is 10.8. The molecule has 0 aliphatic carbocycles. The van der Waals surface area contributed by atoms with Crippen LogP contribution in [0.2, 0.25) is 18.1 Å². The number of carboxylic acids is 1. The van der Waals surface area contributed by atoms with Gasteiger partial charge in [-0.3, -0.25) is 4.79 Å². The first-order valence-corrected chi connectivity index (χ1v) is 8.12. The van der Waals surface area contributed by atoms with E-state index in [1.165, 1.54) is 0 Å². The minimum atomic E-state index is -1.59. The van der Waals surface area contributed by atoms with Gasteiger partial charge in [0.25, 0.3) is 0 Å². The van der Waals surface area contributed by atoms with Crippen LogP contribution >= 0.6 is 0 Å². The first kappa shape index (κ1) is 11.7. The number of aliphatic carboxylic acids is 1. The maximum Gasteiger partial charge on any atom is 0.320 e. The zero-order valence-electron chi connectivity index (χ0n) is 9.79. The van der Waals surface area contributed by atoms with Gasteiger partial charge in [0.05, 0.1) is 0 Å². The van der Waals surface area contributed by atoms with Crippen LogP contribution < -0.4 is 0 Å². The van der Waals surface area contributed by atoms with E-state index < -0.39 is 14.2 Å². The van der Waals surface area contributed by atoms with Gasteiger partial charge in [-0.1, -0.05) is 33.9 Å². The third-order valence-corrected chi connectivity index (χ3v) is 9.50. The van der Waals surface area contributed by atoms with Crippen LogP contribution in [0.5, 0.6) is 0 Å². The topological polar surface area (TPSA) is 40.5 Å². The van der Waals surface area contributed by atoms with E-state index in [0.717, 1.165) is 13.0 Å². The van der Waals surface area contributed by atoms with Crippen LogP contribution in [0.4, 0.5) is 0 Å². The van der Waals surface area contributed by atoms with E-state index in [-0.39, 0.29) is 11.1 Å². The van der Waals surface area contributed by atoms with Crippen molar-refractivity contribution in [3.05, 3.63) is 0 Å². The molecule has 0 aromatic carbocycles. The molecule has 0 spiro atoms. The highest BCUT2D eigenvalue weighted by Crippen LogP contribution is 2.42. The summed E-state index contributed by atoms with van der Waals surface area (Å²) in [6, 6.07) is -0.212. The number of nitrogens with zero attached hydrogens (tertiary/aromatic N) is 1. The summed E-state index contributed by atoms with van der Waals surface area (Å²) < 4.78 is 2.23. The van der Waals surface area contributed by atoms with Gasteiger partial charge in [0, 0.05) is 0 Å². The molecule has 0 radical (unpaired) electrons. The van der Waals surface area contributed by atoms with E-state index in [9.17, 15) is 4.79 Å². The maximum absolute atomic E-state index is 10.9. The monoisotopic (exact) mass is 215 g/mol. The fourth-order valence-corrected chi connectivity index (χ4v) is 4.31. The van der Waals surface area contributed by atoms with Gasteiger partial charge in [0.15, 0.2) is 0 Å². The van der Waals surface area contributed by atoms with Gasteiger partial charge in [-0.15, -0.1) is 0 Å². The summed E-state index contributed by atoms with van der Waals surface area (Å²) in [5, 5.41) is 9.25. The van der Waals surface area contributed by atoms with Gasteiger partial charge in [0.1, 0.15) is 14.3 Å². The Labute approximate surface area is 87.2 Å². The first-order chi connectivity index (χ1) is 6.18. The second-order valence-electron chi connectivity index (χ2n) is 5.65. The molecule has 1 N–H and O–H groups in total. The molecule has 1 saturated heterocycles. The number of carboxylic acid groups (broad SMARTS) is 1. The Kier molecular flexibility index (Phi) is 2.80. The Hall–Kier alpha value is -0.353. The Morgan fingerprint density at radius 1 is 1.43 bits per heavy atom. The van der Waals surface area contributed by atoms with Gasteiger partial charge < -0.3 is 9.67 Å². The molecule has 1 aliphatic rings. The van der Waals surface area contributed by atoms with Crippen LogP contribution in [-0.4, -0.2) is 36.5 Å². The standard InChI is InChI=1S/C10H21NO2Si/c1-10(2,3)14(4,5)11-7-6-8(11)9(12)13/h8H,6-7H2,1-5H3,(H,12,13). The predicted octanol–water partition coefficient (Wildman–Crippen LogP) is 2.15. The lowest BCUT2D eigenvalue weighted by Crippen LogP contribution is -2.67. The fraction of sp³-hybridized carbons (Fsp3) is 0.900. The van der Waals surface area contributed by atoms with E-state index in [4.69, 9.17) is 5.11 Å². The molecule has 1 rings (SSSR count). The van der Waals surface area contributed by atoms with Gasteiger partial charge in [-0.25, -0.2) is 0 Å². The lowest BCUT2D eigenvalue weighted by atomic mass is 10.1. The van der Waals surface area contributed by atoms with Crippen molar-refractivity contribution < 1.29 is 9.90 Å². The highest BCUT2D eigenvalue weighted by atomic mass is 28.3. The Morgan fingerprint density at radius 2 is 1.93 bits per heavy atom. The number of carbonyl (C=O) groups is 1. The van der Waals surface area contributed by atoms with Crippen LogP contribution in [0.25, 0.3) is 0 Å². The SMILES string of the molecule is CC(C)(C)[Si](C)(C)N1CCC1C(=O)O. The molecule has 1 aliphatic heterocycles. The van der Waals surface area contributed by atoms with Crippen molar-refractivity contribution >= 4 is 14.2 Å². The highest BCUT2D eigenvalue weighted by Gasteiger charge is 2.49. The molecule has 0 bridgehead atoms. The van der Waals surface area contributed by atoms with E-state index in [0.29, 0.717) is 0 Å². The molecule has 1 atom stereocenters. The lowest BCUT2D eigenvalue weighted by molar-refractivity contribution is -0.145. The van der Waals surface area contributed by atoms with Gasteiger partial charge in [-0.05, 0) is 18.0 Å². The van der Waals surface area contributed by atoms with Gasteiger partial charge >= 0.3 is 5.97 Å². The Balaban J connectivity index is 2.79. The number of rotatable bonds is 2. The zero-order chi connectivity index (χ0) is 11.1. The predicted molar refractivity (Wildman–Crippen MR) is 59.9 cm³/mol. The molecule has 0 saturated carbocycles. The van der Waals surface area contributed by atoms with Crippen LogP contribution in [-0.2, 0) is 4.79 Å². The summed E-state index contributed by atoms with van der Waals surface area (Å²) >= 11 is 0. The summed E-state index contributed by atoms with van der Waals surface area (Å²) in [5.74, 6) is -0.652. The van der Waals surface area contributed by atoms with E-state index >= 15 is 0 Å². The molecule has 4 heteroatoms. The minimum Gasteiger partial charge on any atom is -0.480 e. The third kappa shape index (κ3) is 1.73. The minimum absolute atomic E-state index is 0.212. The van der Waals surface area contributed by atoms with Crippen LogP contribution in [0.15, 0.2) is 0 Å². The summed E-state index contributed by atoms with van der Waals surface area (Å²) in [4.78, 5) is 10.9. The average Bonchev–Trinajstić information content (AvgIpc) is 1.77. The van der Waals surface area contributed by atoms with Crippen molar-refractivity contribution in [3.8, 4) is 0 Å². The first-order valence-electron chi connectivity index (χ1n) is 5.17. The van der Waals surface area contributed by atoms with Crippen molar-refractivity contribution in [2.24, 2.45) is 0 Å². The molecule has 1 heterocycles. The normalized spacial score (nSPS) is 24.5. The second kappa shape index (κ2) is 3.34. The zero-order valence-corrected chi connectivity index (χ0v) is 10.8. The molecule has 1 fully saturated rings. The molecule has 14 heavy (non-hydrogen) atoms. The molecule has 0 aromatic rings. The lowest BCUT2D eigenvalue weighted by Gasteiger charge is -2.53. The van der Waals surface area contributed by atoms with Crippen molar-refractivity contribution in [1.82, 2.24) is 4.57 Å². The fourth-order valence-electron chi connectivity index (χ4n) is 1.74. The maximum atomic E-state index is 10.9. The van der Waals surface area contributed by atoms with Gasteiger partial charge in [-0.2, -0.15) is 0 Å². The summed E-state index contributed by atoms with van der Waals surface area (Å²) in [6.07, 6.45) is 0.821. The molecule has 0 amide bonds. The summed E-state index contributed by atoms with van der Waals surface area (Å²) in [5.41, 5.74) is 0. The molecular weight excluding hydrogens is 194 g/mol. The Bertz CT molecular complexity index is 245. The van der Waals surface area contributed by atoms with Crippen molar-refractivity contribution in [1.29, 1.82) is 0 Å². The summed E-state index contributed by atoms with van der Waals surface area (Å²) in [6.45, 7) is 12.2. The van der Waals surface area contributed by atoms with Gasteiger partial charge in [0.2, 0.25) is 0 Å². The van der Waals surface area contributed by atoms with Crippen molar-refractivity contribution in [2.45, 2.75) is 51.4 Å². The van der Waals surface area contributed by atoms with Crippen LogP contribution in [0.1, 0.15) is 27.2 Å². The summed E-state index contributed by atoms with van der Waals surface area (Å²) in [7, 11) is -1.59. The quantitative estimate of drug-likeness (QED) is 0.718. The van der Waals surface area contributed by atoms with E-state index in [2.05, 4.69) is 38.4 Å². The molecule has 82 valence electrons. The number of hydrogen-bond donors (Lipinski definition) is 1. The smallest absolute Gasteiger partial charge is 0.320 e. The van der Waals surface area contributed by atoms with Crippen molar-refractivity contribution in [2.75, 3.05) is 6.54 Å². The molecule has 1 unspecified atom stereocenters. The van der Waals surface area contributed by atoms with E-state index in [1.807, 2.05) is 0 Å². The molecule has 0 aromatic heterocycles. The van der Waals surface area contributed by atoms with Crippen LogP contribution in [0, 0.1) is 0 Å². The molecule has 3 nitrogen and oxygen atoms in total. The number of hydrogen-bond acceptors (Lipinski definition) is 2. The Morgan fingerprint density at radius 3 is 2.14 bits per heavy atom. The molecular formula is C10H21NO2Si. The largest absolute Gasteiger partial charge is 0.480 e. The average molecular weight is 215 g/mol. The van der Waals surface area contributed by atoms with Crippen molar-refractivity contribution in [3.63, 3.8) is 0 Å². The van der Waals surface area contributed by atoms with E-state index in [1.54, 1.807) is 0 Å².